The lowest BCUT2D eigenvalue weighted by atomic mass is 9.76. The highest BCUT2D eigenvalue weighted by Gasteiger charge is 2.38. The van der Waals surface area contributed by atoms with Gasteiger partial charge in [-0.1, -0.05) is 23.7 Å². The van der Waals surface area contributed by atoms with E-state index in [1.165, 1.54) is 10.5 Å². The second-order valence-corrected chi connectivity index (χ2v) is 7.85. The standard InChI is InChI=1S/C22H19ClN4O3/c23-19-6-3-5-18(25-19)22(14-24)7-10-26(11-8-22)13-15-12-16(21(29)30)20(28)27-9-2-1-4-17(15)27/h1-6,9,12H,7-8,10-11,13H2,(H,29,30). The third-order valence-corrected chi connectivity index (χ3v) is 5.92. The van der Waals surface area contributed by atoms with E-state index >= 15 is 0 Å². The molecule has 4 heterocycles. The van der Waals surface area contributed by atoms with Crippen molar-refractivity contribution in [2.24, 2.45) is 0 Å². The molecule has 0 bridgehead atoms. The van der Waals surface area contributed by atoms with Gasteiger partial charge in [0.05, 0.1) is 17.3 Å². The van der Waals surface area contributed by atoms with E-state index in [0.717, 1.165) is 5.56 Å². The van der Waals surface area contributed by atoms with Crippen molar-refractivity contribution in [2.45, 2.75) is 24.8 Å². The lowest BCUT2D eigenvalue weighted by molar-refractivity contribution is 0.0694. The number of nitrogens with zero attached hydrogens (tertiary/aromatic N) is 4. The highest BCUT2D eigenvalue weighted by Crippen LogP contribution is 2.35. The number of hydrogen-bond acceptors (Lipinski definition) is 5. The fourth-order valence-corrected chi connectivity index (χ4v) is 4.20. The monoisotopic (exact) mass is 422 g/mol. The highest BCUT2D eigenvalue weighted by atomic mass is 35.5. The van der Waals surface area contributed by atoms with Crippen LogP contribution < -0.4 is 5.56 Å². The molecule has 1 N–H and O–H groups in total. The summed E-state index contributed by atoms with van der Waals surface area (Å²) in [5.74, 6) is -1.24. The lowest BCUT2D eigenvalue weighted by Gasteiger charge is -2.37. The van der Waals surface area contributed by atoms with Gasteiger partial charge in [0.25, 0.3) is 5.56 Å². The first kappa shape index (κ1) is 20.1. The minimum atomic E-state index is -1.24. The third kappa shape index (κ3) is 3.56. The number of aromatic carboxylic acids is 1. The first-order chi connectivity index (χ1) is 14.4. The second kappa shape index (κ2) is 7.90. The first-order valence-electron chi connectivity index (χ1n) is 9.57. The normalized spacial score (nSPS) is 16.3. The van der Waals surface area contributed by atoms with E-state index in [1.807, 2.05) is 18.2 Å². The molecule has 30 heavy (non-hydrogen) atoms. The van der Waals surface area contributed by atoms with E-state index in [0.29, 0.717) is 48.8 Å². The Morgan fingerprint density at radius 1 is 1.23 bits per heavy atom. The second-order valence-electron chi connectivity index (χ2n) is 7.47. The number of likely N-dealkylation sites (tertiary alicyclic amines) is 1. The van der Waals surface area contributed by atoms with Crippen LogP contribution in [0, 0.1) is 11.3 Å². The van der Waals surface area contributed by atoms with Crippen molar-refractivity contribution >= 4 is 23.1 Å². The SMILES string of the molecule is N#CC1(c2cccc(Cl)n2)CCN(Cc2cc(C(=O)O)c(=O)n3ccccc23)CC1. The number of rotatable bonds is 4. The molecule has 7 nitrogen and oxygen atoms in total. The predicted molar refractivity (Wildman–Crippen MR) is 112 cm³/mol. The lowest BCUT2D eigenvalue weighted by Crippen LogP contribution is -2.42. The summed E-state index contributed by atoms with van der Waals surface area (Å²) in [5.41, 5.74) is 0.640. The summed E-state index contributed by atoms with van der Waals surface area (Å²) < 4.78 is 1.37. The van der Waals surface area contributed by atoms with Gasteiger partial charge >= 0.3 is 5.97 Å². The summed E-state index contributed by atoms with van der Waals surface area (Å²) >= 11 is 6.02. The number of aromatic nitrogens is 2. The van der Waals surface area contributed by atoms with Gasteiger partial charge in [-0.25, -0.2) is 9.78 Å². The van der Waals surface area contributed by atoms with Crippen LogP contribution in [0.15, 0.2) is 53.5 Å². The van der Waals surface area contributed by atoms with Gasteiger partial charge in [0.15, 0.2) is 0 Å². The molecule has 3 aromatic heterocycles. The van der Waals surface area contributed by atoms with Crippen molar-refractivity contribution in [2.75, 3.05) is 13.1 Å². The van der Waals surface area contributed by atoms with Crippen molar-refractivity contribution in [1.82, 2.24) is 14.3 Å². The summed E-state index contributed by atoms with van der Waals surface area (Å²) in [5, 5.41) is 19.7. The number of carboxylic acid groups (broad SMARTS) is 1. The molecule has 4 rings (SSSR count). The Kier molecular flexibility index (Phi) is 5.29. The topological polar surface area (TPSA) is 98.7 Å². The number of carboxylic acids is 1. The van der Waals surface area contributed by atoms with Crippen LogP contribution in [-0.2, 0) is 12.0 Å². The Balaban J connectivity index is 1.61. The maximum Gasteiger partial charge on any atom is 0.341 e. The molecule has 8 heteroatoms. The fourth-order valence-electron chi connectivity index (χ4n) is 4.04. The Morgan fingerprint density at radius 2 is 2.00 bits per heavy atom. The largest absolute Gasteiger partial charge is 0.477 e. The van der Waals surface area contributed by atoms with Gasteiger partial charge in [-0.2, -0.15) is 5.26 Å². The molecule has 0 aromatic carbocycles. The van der Waals surface area contributed by atoms with E-state index in [4.69, 9.17) is 11.6 Å². The molecule has 0 unspecified atom stereocenters. The van der Waals surface area contributed by atoms with Gasteiger partial charge in [0, 0.05) is 25.8 Å². The third-order valence-electron chi connectivity index (χ3n) is 5.71. The van der Waals surface area contributed by atoms with Crippen LogP contribution >= 0.6 is 11.6 Å². The Hall–Kier alpha value is -3.21. The average Bonchev–Trinajstić information content (AvgIpc) is 2.76. The number of nitriles is 1. The molecular weight excluding hydrogens is 404 g/mol. The molecule has 1 fully saturated rings. The van der Waals surface area contributed by atoms with Crippen LogP contribution in [0.3, 0.4) is 0 Å². The molecule has 0 atom stereocenters. The highest BCUT2D eigenvalue weighted by molar-refractivity contribution is 6.29. The number of fused-ring (bicyclic) bond motifs is 1. The summed E-state index contributed by atoms with van der Waals surface area (Å²) in [4.78, 5) is 30.5. The number of halogens is 1. The molecule has 0 spiro atoms. The van der Waals surface area contributed by atoms with E-state index in [9.17, 15) is 20.0 Å². The van der Waals surface area contributed by atoms with Crippen molar-refractivity contribution in [3.8, 4) is 6.07 Å². The van der Waals surface area contributed by atoms with Crippen LogP contribution in [-0.4, -0.2) is 38.4 Å². The van der Waals surface area contributed by atoms with Crippen molar-refractivity contribution in [1.29, 1.82) is 5.26 Å². The smallest absolute Gasteiger partial charge is 0.341 e. The molecule has 3 aromatic rings. The maximum absolute atomic E-state index is 12.4. The number of carbonyl (C=O) groups is 1. The molecule has 1 aliphatic rings. The maximum atomic E-state index is 12.4. The minimum Gasteiger partial charge on any atom is -0.477 e. The molecule has 1 saturated heterocycles. The number of hydrogen-bond donors (Lipinski definition) is 1. The van der Waals surface area contributed by atoms with Crippen LogP contribution in [0.2, 0.25) is 5.15 Å². The Morgan fingerprint density at radius 3 is 2.67 bits per heavy atom. The van der Waals surface area contributed by atoms with Crippen LogP contribution in [0.1, 0.15) is 34.5 Å². The zero-order valence-corrected chi connectivity index (χ0v) is 16.8. The quantitative estimate of drug-likeness (QED) is 0.648. The van der Waals surface area contributed by atoms with E-state index < -0.39 is 16.9 Å². The van der Waals surface area contributed by atoms with Crippen molar-refractivity contribution in [3.05, 3.63) is 81.0 Å². The minimum absolute atomic E-state index is 0.250. The van der Waals surface area contributed by atoms with E-state index in [2.05, 4.69) is 16.0 Å². The molecule has 0 saturated carbocycles. The summed E-state index contributed by atoms with van der Waals surface area (Å²) in [6, 6.07) is 14.5. The first-order valence-corrected chi connectivity index (χ1v) is 9.94. The zero-order chi connectivity index (χ0) is 21.3. The molecular formula is C22H19ClN4O3. The zero-order valence-electron chi connectivity index (χ0n) is 16.1. The molecule has 152 valence electrons. The molecule has 1 aliphatic heterocycles. The molecule has 0 amide bonds. The van der Waals surface area contributed by atoms with Gasteiger partial charge in [0.2, 0.25) is 0 Å². The van der Waals surface area contributed by atoms with Crippen LogP contribution in [0.5, 0.6) is 0 Å². The van der Waals surface area contributed by atoms with Gasteiger partial charge in [-0.05, 0) is 48.7 Å². The van der Waals surface area contributed by atoms with E-state index in [1.54, 1.807) is 24.4 Å². The van der Waals surface area contributed by atoms with Gasteiger partial charge in [-0.3, -0.25) is 14.1 Å². The van der Waals surface area contributed by atoms with Crippen LogP contribution in [0.25, 0.3) is 5.52 Å². The Labute approximate surface area is 177 Å². The fraction of sp³-hybridized carbons (Fsp3) is 0.273. The number of pyridine rings is 3. The van der Waals surface area contributed by atoms with Gasteiger partial charge < -0.3 is 5.11 Å². The number of piperidine rings is 1. The predicted octanol–water partition coefficient (Wildman–Crippen LogP) is 3.10. The van der Waals surface area contributed by atoms with Crippen molar-refractivity contribution < 1.29 is 9.90 Å². The summed E-state index contributed by atoms with van der Waals surface area (Å²) in [6.07, 6.45) is 2.76. The summed E-state index contributed by atoms with van der Waals surface area (Å²) in [7, 11) is 0. The van der Waals surface area contributed by atoms with Crippen LogP contribution in [0.4, 0.5) is 0 Å². The molecule has 0 radical (unpaired) electrons. The molecule has 0 aliphatic carbocycles. The van der Waals surface area contributed by atoms with Crippen molar-refractivity contribution in [3.63, 3.8) is 0 Å². The van der Waals surface area contributed by atoms with Gasteiger partial charge in [0.1, 0.15) is 16.1 Å². The Bertz CT molecular complexity index is 1220. The van der Waals surface area contributed by atoms with Gasteiger partial charge in [-0.15, -0.1) is 0 Å². The van der Waals surface area contributed by atoms with E-state index in [-0.39, 0.29) is 5.56 Å². The summed E-state index contributed by atoms with van der Waals surface area (Å²) in [6.45, 7) is 1.77. The average molecular weight is 423 g/mol.